The third kappa shape index (κ3) is 3.27. The first-order valence-electron chi connectivity index (χ1n) is 5.74. The second-order valence-corrected chi connectivity index (χ2v) is 4.06. The van der Waals surface area contributed by atoms with Gasteiger partial charge in [0.25, 0.3) is 0 Å². The second-order valence-electron chi connectivity index (χ2n) is 4.06. The predicted molar refractivity (Wildman–Crippen MR) is 66.4 cm³/mol. The third-order valence-corrected chi connectivity index (χ3v) is 2.67. The van der Waals surface area contributed by atoms with Crippen molar-refractivity contribution in [2.45, 2.75) is 12.9 Å². The average Bonchev–Trinajstić information content (AvgIpc) is 2.38. The summed E-state index contributed by atoms with van der Waals surface area (Å²) in [5.74, 6) is -1.09. The minimum absolute atomic E-state index is 0.0211. The molecule has 0 aliphatic carbocycles. The van der Waals surface area contributed by atoms with Crippen LogP contribution in [0.15, 0.2) is 42.5 Å². The molecule has 0 aromatic heterocycles. The Hall–Kier alpha value is -2.08. The molecule has 0 bridgehead atoms. The van der Waals surface area contributed by atoms with Crippen LogP contribution in [0.25, 0.3) is 11.1 Å². The van der Waals surface area contributed by atoms with Crippen molar-refractivity contribution in [3.8, 4) is 16.9 Å². The molecule has 2 nitrogen and oxygen atoms in total. The Morgan fingerprint density at radius 2 is 1.70 bits per heavy atom. The summed E-state index contributed by atoms with van der Waals surface area (Å²) in [5, 5.41) is 0. The first kappa shape index (κ1) is 14.3. The maximum absolute atomic E-state index is 13.8. The van der Waals surface area contributed by atoms with Crippen molar-refractivity contribution >= 4 is 0 Å². The molecular weight excluding hydrogens is 274 g/mol. The Kier molecular flexibility index (Phi) is 3.94. The van der Waals surface area contributed by atoms with Crippen molar-refractivity contribution in [2.24, 2.45) is 5.73 Å². The molecule has 0 spiro atoms. The van der Waals surface area contributed by atoms with Gasteiger partial charge in [-0.05, 0) is 23.8 Å². The summed E-state index contributed by atoms with van der Waals surface area (Å²) < 4.78 is 54.8. The number of halogens is 4. The highest BCUT2D eigenvalue weighted by atomic mass is 19.4. The van der Waals surface area contributed by atoms with E-state index in [2.05, 4.69) is 4.74 Å². The second kappa shape index (κ2) is 5.50. The van der Waals surface area contributed by atoms with Crippen molar-refractivity contribution in [3.05, 3.63) is 53.8 Å². The highest BCUT2D eigenvalue weighted by molar-refractivity contribution is 5.71. The number of rotatable bonds is 3. The first-order chi connectivity index (χ1) is 9.40. The highest BCUT2D eigenvalue weighted by Gasteiger charge is 2.32. The van der Waals surface area contributed by atoms with E-state index in [0.717, 1.165) is 6.07 Å². The molecule has 0 fully saturated rings. The summed E-state index contributed by atoms with van der Waals surface area (Å²) in [7, 11) is 0. The monoisotopic (exact) mass is 285 g/mol. The smallest absolute Gasteiger partial charge is 0.405 e. The molecule has 2 N–H and O–H groups in total. The van der Waals surface area contributed by atoms with Gasteiger partial charge in [0.2, 0.25) is 0 Å². The zero-order valence-electron chi connectivity index (χ0n) is 10.2. The molecule has 0 aliphatic heterocycles. The summed E-state index contributed by atoms with van der Waals surface area (Å²) >= 11 is 0. The third-order valence-electron chi connectivity index (χ3n) is 2.67. The largest absolute Gasteiger partial charge is 0.573 e. The van der Waals surface area contributed by atoms with Gasteiger partial charge in [-0.15, -0.1) is 13.2 Å². The quantitative estimate of drug-likeness (QED) is 0.869. The van der Waals surface area contributed by atoms with E-state index in [1.807, 2.05) is 0 Å². The first-order valence-corrected chi connectivity index (χ1v) is 5.74. The van der Waals surface area contributed by atoms with Crippen LogP contribution in [0.5, 0.6) is 5.75 Å². The van der Waals surface area contributed by atoms with Crippen LogP contribution in [0.2, 0.25) is 0 Å². The maximum atomic E-state index is 13.8. The number of hydrogen-bond donors (Lipinski definition) is 1. The van der Waals surface area contributed by atoms with Crippen LogP contribution in [0.4, 0.5) is 17.6 Å². The normalized spacial score (nSPS) is 11.4. The molecule has 106 valence electrons. The molecule has 0 heterocycles. The van der Waals surface area contributed by atoms with Gasteiger partial charge in [0.1, 0.15) is 11.6 Å². The van der Waals surface area contributed by atoms with Crippen LogP contribution in [0, 0.1) is 5.82 Å². The molecule has 20 heavy (non-hydrogen) atoms. The van der Waals surface area contributed by atoms with Gasteiger partial charge in [-0.2, -0.15) is 0 Å². The van der Waals surface area contributed by atoms with Crippen LogP contribution in [-0.4, -0.2) is 6.36 Å². The van der Waals surface area contributed by atoms with Gasteiger partial charge < -0.3 is 10.5 Å². The Morgan fingerprint density at radius 3 is 2.35 bits per heavy atom. The fraction of sp³-hybridized carbons (Fsp3) is 0.143. The number of alkyl halides is 3. The van der Waals surface area contributed by atoms with E-state index in [-0.39, 0.29) is 17.7 Å². The van der Waals surface area contributed by atoms with Crippen LogP contribution < -0.4 is 10.5 Å². The Balaban J connectivity index is 2.52. The fourth-order valence-electron chi connectivity index (χ4n) is 1.81. The molecule has 0 saturated heterocycles. The van der Waals surface area contributed by atoms with Crippen LogP contribution in [-0.2, 0) is 6.54 Å². The molecule has 0 atom stereocenters. The summed E-state index contributed by atoms with van der Waals surface area (Å²) in [4.78, 5) is 0. The Bertz CT molecular complexity index is 610. The maximum Gasteiger partial charge on any atom is 0.573 e. The van der Waals surface area contributed by atoms with Crippen molar-refractivity contribution in [1.82, 2.24) is 0 Å². The lowest BCUT2D eigenvalue weighted by atomic mass is 10.0. The molecule has 0 saturated carbocycles. The average molecular weight is 285 g/mol. The molecule has 0 amide bonds. The standard InChI is InChI=1S/C14H11F4NO/c15-12-6-5-9(8-19)7-11(12)10-3-1-2-4-13(10)20-14(16,17)18/h1-7H,8,19H2. The number of benzene rings is 2. The van der Waals surface area contributed by atoms with Gasteiger partial charge >= 0.3 is 6.36 Å². The van der Waals surface area contributed by atoms with E-state index in [1.54, 1.807) is 0 Å². The van der Waals surface area contributed by atoms with Crippen LogP contribution >= 0.6 is 0 Å². The molecule has 6 heteroatoms. The van der Waals surface area contributed by atoms with Gasteiger partial charge in [0.15, 0.2) is 0 Å². The lowest BCUT2D eigenvalue weighted by Crippen LogP contribution is -2.17. The van der Waals surface area contributed by atoms with Crippen LogP contribution in [0.3, 0.4) is 0 Å². The van der Waals surface area contributed by atoms with Crippen molar-refractivity contribution in [3.63, 3.8) is 0 Å². The summed E-state index contributed by atoms with van der Waals surface area (Å²) in [5.41, 5.74) is 6.11. The lowest BCUT2D eigenvalue weighted by Gasteiger charge is -2.14. The SMILES string of the molecule is NCc1ccc(F)c(-c2ccccc2OC(F)(F)F)c1. The van der Waals surface area contributed by atoms with Crippen molar-refractivity contribution in [1.29, 1.82) is 0 Å². The Morgan fingerprint density at radius 1 is 1.00 bits per heavy atom. The minimum atomic E-state index is -4.84. The molecule has 0 aliphatic rings. The fourth-order valence-corrected chi connectivity index (χ4v) is 1.81. The predicted octanol–water partition coefficient (Wildman–Crippen LogP) is 3.85. The molecule has 2 aromatic carbocycles. The van der Waals surface area contributed by atoms with E-state index in [9.17, 15) is 17.6 Å². The number of nitrogens with two attached hydrogens (primary N) is 1. The van der Waals surface area contributed by atoms with E-state index >= 15 is 0 Å². The molecular formula is C14H11F4NO. The van der Waals surface area contributed by atoms with Gasteiger partial charge in [-0.25, -0.2) is 4.39 Å². The Labute approximate surface area is 112 Å². The van der Waals surface area contributed by atoms with Gasteiger partial charge in [-0.1, -0.05) is 24.3 Å². The van der Waals surface area contributed by atoms with Crippen molar-refractivity contribution < 1.29 is 22.3 Å². The molecule has 2 rings (SSSR count). The minimum Gasteiger partial charge on any atom is -0.405 e. The van der Waals surface area contributed by atoms with Gasteiger partial charge in [-0.3, -0.25) is 0 Å². The zero-order valence-corrected chi connectivity index (χ0v) is 10.2. The molecule has 0 radical (unpaired) electrons. The summed E-state index contributed by atoms with van der Waals surface area (Å²) in [6.07, 6.45) is -4.84. The van der Waals surface area contributed by atoms with Gasteiger partial charge in [0.05, 0.1) is 0 Å². The molecule has 0 unspecified atom stereocenters. The van der Waals surface area contributed by atoms with E-state index in [0.29, 0.717) is 5.56 Å². The van der Waals surface area contributed by atoms with Crippen molar-refractivity contribution in [2.75, 3.05) is 0 Å². The topological polar surface area (TPSA) is 35.2 Å². The highest BCUT2D eigenvalue weighted by Crippen LogP contribution is 2.35. The summed E-state index contributed by atoms with van der Waals surface area (Å²) in [6, 6.07) is 9.45. The van der Waals surface area contributed by atoms with E-state index in [1.165, 1.54) is 36.4 Å². The zero-order chi connectivity index (χ0) is 14.8. The lowest BCUT2D eigenvalue weighted by molar-refractivity contribution is -0.274. The number of para-hydroxylation sites is 1. The van der Waals surface area contributed by atoms with E-state index < -0.39 is 17.9 Å². The summed E-state index contributed by atoms with van der Waals surface area (Å²) in [6.45, 7) is 0.162. The van der Waals surface area contributed by atoms with E-state index in [4.69, 9.17) is 5.73 Å². The number of ether oxygens (including phenoxy) is 1. The number of hydrogen-bond acceptors (Lipinski definition) is 2. The van der Waals surface area contributed by atoms with Crippen LogP contribution in [0.1, 0.15) is 5.56 Å². The van der Waals surface area contributed by atoms with Gasteiger partial charge in [0, 0.05) is 17.7 Å². The molecule has 2 aromatic rings.